The molecule has 23 heavy (non-hydrogen) atoms. The van der Waals surface area contributed by atoms with E-state index in [1.54, 1.807) is 54.1 Å². The van der Waals surface area contributed by atoms with Gasteiger partial charge in [0.05, 0.1) is 11.3 Å². The number of nitrogens with one attached hydrogen (secondary N) is 2. The van der Waals surface area contributed by atoms with E-state index in [9.17, 15) is 4.79 Å². The monoisotopic (exact) mass is 320 g/mol. The molecule has 0 spiro atoms. The quantitative estimate of drug-likeness (QED) is 0.834. The van der Waals surface area contributed by atoms with E-state index >= 15 is 0 Å². The molecule has 0 fully saturated rings. The Morgan fingerprint density at radius 1 is 1.09 bits per heavy atom. The van der Waals surface area contributed by atoms with Gasteiger partial charge in [-0.25, -0.2) is 4.98 Å². The highest BCUT2D eigenvalue weighted by Crippen LogP contribution is 2.20. The van der Waals surface area contributed by atoms with Crippen molar-refractivity contribution in [2.24, 2.45) is 0 Å². The number of nitriles is 3. The lowest BCUT2D eigenvalue weighted by molar-refractivity contribution is 0.102. The van der Waals surface area contributed by atoms with Crippen LogP contribution in [0.1, 0.15) is 10.4 Å². The Balaban J connectivity index is 2.33. The van der Waals surface area contributed by atoms with E-state index in [4.69, 9.17) is 15.8 Å². The molecule has 1 aromatic heterocycles. The number of amides is 1. The van der Waals surface area contributed by atoms with Crippen molar-refractivity contribution in [3.63, 3.8) is 0 Å². The molecule has 0 unspecified atom stereocenters. The molecule has 0 aliphatic heterocycles. The molecule has 0 radical (unpaired) electrons. The number of carbonyl (C=O) groups excluding carboxylic acids is 1. The normalized spacial score (nSPS) is 8.91. The predicted octanol–water partition coefficient (Wildman–Crippen LogP) is 2.63. The second-order valence-corrected chi connectivity index (χ2v) is 4.94. The maximum Gasteiger partial charge on any atom is 0.259 e. The average Bonchev–Trinajstić information content (AvgIpc) is 3.08. The Morgan fingerprint density at radius 3 is 2.43 bits per heavy atom. The first kappa shape index (κ1) is 15.7. The standard InChI is InChI=1S/C15H8N6OS/c16-7-10(8-17)13(9-18)20-12-4-2-1-3-11(12)14(22)21-15-19-5-6-23-15/h1-6,20H,(H,19,21,22). The van der Waals surface area contributed by atoms with Crippen LogP contribution >= 0.6 is 11.3 Å². The number of aromatic nitrogens is 1. The molecule has 0 atom stereocenters. The van der Waals surface area contributed by atoms with Crippen LogP contribution in [0.4, 0.5) is 10.8 Å². The largest absolute Gasteiger partial charge is 0.344 e. The van der Waals surface area contributed by atoms with E-state index < -0.39 is 5.91 Å². The van der Waals surface area contributed by atoms with E-state index in [2.05, 4.69) is 15.6 Å². The van der Waals surface area contributed by atoms with Crippen LogP contribution in [0.5, 0.6) is 0 Å². The number of hydrogen-bond donors (Lipinski definition) is 2. The molecule has 0 aliphatic carbocycles. The minimum Gasteiger partial charge on any atom is -0.344 e. The van der Waals surface area contributed by atoms with Crippen LogP contribution < -0.4 is 10.6 Å². The summed E-state index contributed by atoms with van der Waals surface area (Å²) in [5, 5.41) is 34.2. The first-order chi connectivity index (χ1) is 11.2. The summed E-state index contributed by atoms with van der Waals surface area (Å²) in [6.07, 6.45) is 1.56. The van der Waals surface area contributed by atoms with E-state index in [0.29, 0.717) is 10.8 Å². The number of allylic oxidation sites excluding steroid dienone is 2. The maximum atomic E-state index is 12.3. The molecule has 0 saturated carbocycles. The predicted molar refractivity (Wildman–Crippen MR) is 84.0 cm³/mol. The number of thiazole rings is 1. The zero-order valence-electron chi connectivity index (χ0n) is 11.6. The Hall–Kier alpha value is -3.67. The van der Waals surface area contributed by atoms with Gasteiger partial charge in [0.1, 0.15) is 23.9 Å². The van der Waals surface area contributed by atoms with Crippen LogP contribution in [0.3, 0.4) is 0 Å². The summed E-state index contributed by atoms with van der Waals surface area (Å²) in [7, 11) is 0. The van der Waals surface area contributed by atoms with E-state index in [-0.39, 0.29) is 16.8 Å². The molecule has 8 heteroatoms. The van der Waals surface area contributed by atoms with Crippen LogP contribution in [-0.4, -0.2) is 10.9 Å². The molecule has 110 valence electrons. The molecule has 1 heterocycles. The Morgan fingerprint density at radius 2 is 1.83 bits per heavy atom. The van der Waals surface area contributed by atoms with Gasteiger partial charge in [-0.1, -0.05) is 12.1 Å². The summed E-state index contributed by atoms with van der Waals surface area (Å²) >= 11 is 1.27. The van der Waals surface area contributed by atoms with Gasteiger partial charge in [-0.3, -0.25) is 10.1 Å². The third-order valence-corrected chi connectivity index (χ3v) is 3.36. The zero-order chi connectivity index (χ0) is 16.7. The summed E-state index contributed by atoms with van der Waals surface area (Å²) in [5.74, 6) is -0.421. The van der Waals surface area contributed by atoms with Crippen LogP contribution in [0.2, 0.25) is 0 Å². The number of para-hydroxylation sites is 1. The molecule has 1 amide bonds. The first-order valence-corrected chi connectivity index (χ1v) is 7.09. The first-order valence-electron chi connectivity index (χ1n) is 6.21. The fourth-order valence-electron chi connectivity index (χ4n) is 1.66. The smallest absolute Gasteiger partial charge is 0.259 e. The van der Waals surface area contributed by atoms with Crippen molar-refractivity contribution in [3.8, 4) is 18.2 Å². The second-order valence-electron chi connectivity index (χ2n) is 4.05. The minimum atomic E-state index is -0.421. The van der Waals surface area contributed by atoms with Crippen molar-refractivity contribution in [1.29, 1.82) is 15.8 Å². The van der Waals surface area contributed by atoms with Crippen molar-refractivity contribution in [2.45, 2.75) is 0 Å². The van der Waals surface area contributed by atoms with E-state index in [1.165, 1.54) is 11.3 Å². The van der Waals surface area contributed by atoms with Gasteiger partial charge in [0.25, 0.3) is 5.91 Å². The number of nitrogens with zero attached hydrogens (tertiary/aromatic N) is 4. The highest BCUT2D eigenvalue weighted by Gasteiger charge is 2.14. The average molecular weight is 320 g/mol. The number of benzene rings is 1. The van der Waals surface area contributed by atoms with Gasteiger partial charge < -0.3 is 5.32 Å². The van der Waals surface area contributed by atoms with Gasteiger partial charge >= 0.3 is 0 Å². The van der Waals surface area contributed by atoms with Crippen molar-refractivity contribution >= 4 is 28.1 Å². The van der Waals surface area contributed by atoms with Crippen molar-refractivity contribution in [2.75, 3.05) is 10.6 Å². The lowest BCUT2D eigenvalue weighted by Crippen LogP contribution is -2.14. The third kappa shape index (κ3) is 3.70. The SMILES string of the molecule is N#CC(C#N)=C(C#N)Nc1ccccc1C(=O)Nc1nccs1. The fourth-order valence-corrected chi connectivity index (χ4v) is 2.18. The molecule has 2 rings (SSSR count). The number of rotatable bonds is 4. The van der Waals surface area contributed by atoms with Gasteiger partial charge in [0, 0.05) is 11.6 Å². The third-order valence-electron chi connectivity index (χ3n) is 2.67. The van der Waals surface area contributed by atoms with Crippen molar-refractivity contribution in [3.05, 3.63) is 52.7 Å². The topological polar surface area (TPSA) is 125 Å². The Kier molecular flexibility index (Phi) is 5.04. The number of hydrogen-bond acceptors (Lipinski definition) is 7. The van der Waals surface area contributed by atoms with Gasteiger partial charge in [-0.2, -0.15) is 15.8 Å². The molecule has 2 aromatic rings. The molecule has 0 saturated heterocycles. The van der Waals surface area contributed by atoms with Gasteiger partial charge in [-0.15, -0.1) is 11.3 Å². The highest BCUT2D eigenvalue weighted by atomic mass is 32.1. The van der Waals surface area contributed by atoms with Crippen LogP contribution in [0.25, 0.3) is 0 Å². The summed E-state index contributed by atoms with van der Waals surface area (Å²) in [5.41, 5.74) is -0.0149. The van der Waals surface area contributed by atoms with Crippen molar-refractivity contribution in [1.82, 2.24) is 4.98 Å². The van der Waals surface area contributed by atoms with Crippen LogP contribution in [0, 0.1) is 34.0 Å². The number of anilines is 2. The van der Waals surface area contributed by atoms with E-state index in [0.717, 1.165) is 0 Å². The lowest BCUT2D eigenvalue weighted by atomic mass is 10.1. The van der Waals surface area contributed by atoms with Crippen LogP contribution in [0.15, 0.2) is 47.1 Å². The Bertz CT molecular complexity index is 864. The second kappa shape index (κ2) is 7.37. The summed E-state index contributed by atoms with van der Waals surface area (Å²) in [4.78, 5) is 16.3. The summed E-state index contributed by atoms with van der Waals surface area (Å²) in [6.45, 7) is 0. The molecular formula is C15H8N6OS. The lowest BCUT2D eigenvalue weighted by Gasteiger charge is -2.10. The molecule has 0 bridgehead atoms. The molecule has 2 N–H and O–H groups in total. The molecular weight excluding hydrogens is 312 g/mol. The van der Waals surface area contributed by atoms with Crippen LogP contribution in [-0.2, 0) is 0 Å². The molecule has 0 aliphatic rings. The molecule has 1 aromatic carbocycles. The highest BCUT2D eigenvalue weighted by molar-refractivity contribution is 7.13. The fraction of sp³-hybridized carbons (Fsp3) is 0. The summed E-state index contributed by atoms with van der Waals surface area (Å²) in [6, 6.07) is 11.5. The van der Waals surface area contributed by atoms with Gasteiger partial charge in [0.15, 0.2) is 10.7 Å². The maximum absolute atomic E-state index is 12.3. The molecule has 7 nitrogen and oxygen atoms in total. The minimum absolute atomic E-state index is 0.218. The summed E-state index contributed by atoms with van der Waals surface area (Å²) < 4.78 is 0. The van der Waals surface area contributed by atoms with Gasteiger partial charge in [-0.05, 0) is 12.1 Å². The van der Waals surface area contributed by atoms with E-state index in [1.807, 2.05) is 0 Å². The Labute approximate surface area is 135 Å². The van der Waals surface area contributed by atoms with Gasteiger partial charge in [0.2, 0.25) is 0 Å². The zero-order valence-corrected chi connectivity index (χ0v) is 12.4. The van der Waals surface area contributed by atoms with Crippen molar-refractivity contribution < 1.29 is 4.79 Å². The number of carbonyl (C=O) groups is 1.